The minimum Gasteiger partial charge on any atom is -0.469 e. The van der Waals surface area contributed by atoms with E-state index in [4.69, 9.17) is 0 Å². The minimum absolute atomic E-state index is 0.0209. The van der Waals surface area contributed by atoms with Crippen LogP contribution in [-0.4, -0.2) is 33.3 Å². The maximum absolute atomic E-state index is 11.6. The molecule has 0 aliphatic heterocycles. The van der Waals surface area contributed by atoms with E-state index in [1.165, 1.54) is 7.11 Å². The lowest BCUT2D eigenvalue weighted by molar-refractivity contribution is -0.146. The predicted molar refractivity (Wildman–Crippen MR) is 65.0 cm³/mol. The third kappa shape index (κ3) is 4.63. The van der Waals surface area contributed by atoms with Crippen molar-refractivity contribution in [1.29, 1.82) is 0 Å². The molecule has 0 unspecified atom stereocenters. The number of ether oxygens (including phenoxy) is 1. The molecule has 0 bridgehead atoms. The predicted octanol–water partition coefficient (Wildman–Crippen LogP) is 1.05. The zero-order chi connectivity index (χ0) is 12.9. The molecule has 1 aliphatic carbocycles. The molecule has 1 rings (SSSR count). The molecule has 17 heavy (non-hydrogen) atoms. The molecule has 0 aromatic carbocycles. The summed E-state index contributed by atoms with van der Waals surface area (Å²) in [5.74, 6) is -0.0731. The van der Waals surface area contributed by atoms with Gasteiger partial charge in [-0.2, -0.15) is 0 Å². The normalized spacial score (nSPS) is 25.5. The van der Waals surface area contributed by atoms with E-state index in [2.05, 4.69) is 9.46 Å². The summed E-state index contributed by atoms with van der Waals surface area (Å²) in [5, 5.41) is 0. The van der Waals surface area contributed by atoms with Gasteiger partial charge in [0.15, 0.2) is 0 Å². The number of sulfonamides is 1. The van der Waals surface area contributed by atoms with Gasteiger partial charge in [0.2, 0.25) is 10.0 Å². The van der Waals surface area contributed by atoms with E-state index in [1.54, 1.807) is 0 Å². The molecule has 6 heteroatoms. The molecule has 1 N–H and O–H groups in total. The summed E-state index contributed by atoms with van der Waals surface area (Å²) in [6.45, 7) is 1.84. The summed E-state index contributed by atoms with van der Waals surface area (Å²) in [5.41, 5.74) is 0. The van der Waals surface area contributed by atoms with E-state index in [0.717, 1.165) is 0 Å². The fourth-order valence-electron chi connectivity index (χ4n) is 2.20. The zero-order valence-electron chi connectivity index (χ0n) is 10.4. The highest BCUT2D eigenvalue weighted by Crippen LogP contribution is 2.25. The van der Waals surface area contributed by atoms with Crippen molar-refractivity contribution in [3.8, 4) is 0 Å². The first kappa shape index (κ1) is 14.4. The largest absolute Gasteiger partial charge is 0.469 e. The van der Waals surface area contributed by atoms with Crippen molar-refractivity contribution in [1.82, 2.24) is 4.72 Å². The van der Waals surface area contributed by atoms with Gasteiger partial charge in [-0.15, -0.1) is 0 Å². The van der Waals surface area contributed by atoms with Gasteiger partial charge in [0.25, 0.3) is 0 Å². The Morgan fingerprint density at radius 3 is 2.35 bits per heavy atom. The van der Waals surface area contributed by atoms with Crippen LogP contribution in [0.2, 0.25) is 0 Å². The van der Waals surface area contributed by atoms with Gasteiger partial charge in [-0.3, -0.25) is 4.79 Å². The van der Waals surface area contributed by atoms with Gasteiger partial charge in [0, 0.05) is 6.04 Å². The average molecular weight is 263 g/mol. The highest BCUT2D eigenvalue weighted by Gasteiger charge is 2.28. The zero-order valence-corrected chi connectivity index (χ0v) is 11.3. The van der Waals surface area contributed by atoms with E-state index in [9.17, 15) is 13.2 Å². The molecule has 0 aromatic heterocycles. The first-order valence-electron chi connectivity index (χ1n) is 6.06. The molecule has 5 nitrogen and oxygen atoms in total. The van der Waals surface area contributed by atoms with Gasteiger partial charge in [-0.25, -0.2) is 13.1 Å². The molecule has 1 fully saturated rings. The van der Waals surface area contributed by atoms with Crippen LogP contribution in [-0.2, 0) is 19.6 Å². The van der Waals surface area contributed by atoms with Crippen LogP contribution in [0.4, 0.5) is 0 Å². The van der Waals surface area contributed by atoms with Crippen LogP contribution in [0.15, 0.2) is 0 Å². The molecule has 0 aromatic rings. The summed E-state index contributed by atoms with van der Waals surface area (Å²) < 4.78 is 30.5. The van der Waals surface area contributed by atoms with Crippen molar-refractivity contribution in [2.24, 2.45) is 5.92 Å². The lowest BCUT2D eigenvalue weighted by Gasteiger charge is -2.27. The maximum atomic E-state index is 11.6. The van der Waals surface area contributed by atoms with E-state index in [0.29, 0.717) is 32.1 Å². The van der Waals surface area contributed by atoms with E-state index < -0.39 is 10.0 Å². The standard InChI is InChI=1S/C11H21NO4S/c1-3-8-17(14,15)12-10-6-4-9(5-7-10)11(13)16-2/h9-10,12H,3-8H2,1-2H3. The van der Waals surface area contributed by atoms with E-state index >= 15 is 0 Å². The third-order valence-electron chi connectivity index (χ3n) is 3.08. The Kier molecular flexibility index (Phi) is 5.39. The monoisotopic (exact) mass is 263 g/mol. The topological polar surface area (TPSA) is 72.5 Å². The van der Waals surface area contributed by atoms with E-state index in [-0.39, 0.29) is 23.7 Å². The highest BCUT2D eigenvalue weighted by atomic mass is 32.2. The van der Waals surface area contributed by atoms with Crippen LogP contribution in [0.5, 0.6) is 0 Å². The number of hydrogen-bond donors (Lipinski definition) is 1. The molecule has 0 amide bonds. The second-order valence-corrected chi connectivity index (χ2v) is 6.38. The first-order chi connectivity index (χ1) is 7.98. The Balaban J connectivity index is 2.40. The average Bonchev–Trinajstić information content (AvgIpc) is 2.28. The van der Waals surface area contributed by atoms with Crippen molar-refractivity contribution < 1.29 is 17.9 Å². The molecule has 0 spiro atoms. The number of esters is 1. The molecule has 0 radical (unpaired) electrons. The molecular weight excluding hydrogens is 242 g/mol. The first-order valence-corrected chi connectivity index (χ1v) is 7.71. The molecule has 0 atom stereocenters. The lowest BCUT2D eigenvalue weighted by atomic mass is 9.86. The Bertz CT molecular complexity index is 344. The van der Waals surface area contributed by atoms with Crippen LogP contribution in [0.25, 0.3) is 0 Å². The van der Waals surface area contributed by atoms with Gasteiger partial charge >= 0.3 is 5.97 Å². The summed E-state index contributed by atoms with van der Waals surface area (Å²) in [4.78, 5) is 11.3. The van der Waals surface area contributed by atoms with Crippen molar-refractivity contribution in [3.63, 3.8) is 0 Å². The van der Waals surface area contributed by atoms with Crippen molar-refractivity contribution in [2.45, 2.75) is 45.1 Å². The van der Waals surface area contributed by atoms with Gasteiger partial charge in [0.05, 0.1) is 18.8 Å². The molecular formula is C11H21NO4S. The van der Waals surface area contributed by atoms with Crippen LogP contribution < -0.4 is 4.72 Å². The number of rotatable bonds is 5. The van der Waals surface area contributed by atoms with Gasteiger partial charge in [-0.1, -0.05) is 6.92 Å². The van der Waals surface area contributed by atoms with Gasteiger partial charge < -0.3 is 4.74 Å². The summed E-state index contributed by atoms with van der Waals surface area (Å²) >= 11 is 0. The maximum Gasteiger partial charge on any atom is 0.308 e. The number of carbonyl (C=O) groups is 1. The molecule has 1 saturated carbocycles. The molecule has 0 heterocycles. The highest BCUT2D eigenvalue weighted by molar-refractivity contribution is 7.89. The van der Waals surface area contributed by atoms with Crippen molar-refractivity contribution in [2.75, 3.05) is 12.9 Å². The van der Waals surface area contributed by atoms with Crippen molar-refractivity contribution >= 4 is 16.0 Å². The smallest absolute Gasteiger partial charge is 0.308 e. The number of carbonyl (C=O) groups excluding carboxylic acids is 1. The van der Waals surface area contributed by atoms with Crippen LogP contribution >= 0.6 is 0 Å². The Labute approximate surface area is 103 Å². The molecule has 0 saturated heterocycles. The summed E-state index contributed by atoms with van der Waals surface area (Å²) in [7, 11) is -1.75. The Hall–Kier alpha value is -0.620. The van der Waals surface area contributed by atoms with Gasteiger partial charge in [-0.05, 0) is 32.1 Å². The quantitative estimate of drug-likeness (QED) is 0.752. The second-order valence-electron chi connectivity index (χ2n) is 4.51. The number of nitrogens with one attached hydrogen (secondary N) is 1. The molecule has 100 valence electrons. The minimum atomic E-state index is -3.14. The Morgan fingerprint density at radius 1 is 1.29 bits per heavy atom. The number of hydrogen-bond acceptors (Lipinski definition) is 4. The fourth-order valence-corrected chi connectivity index (χ4v) is 3.59. The SMILES string of the molecule is CCCS(=O)(=O)NC1CCC(C(=O)OC)CC1. The van der Waals surface area contributed by atoms with Gasteiger partial charge in [0.1, 0.15) is 0 Å². The van der Waals surface area contributed by atoms with Crippen LogP contribution in [0, 0.1) is 5.92 Å². The number of methoxy groups -OCH3 is 1. The van der Waals surface area contributed by atoms with Crippen molar-refractivity contribution in [3.05, 3.63) is 0 Å². The lowest BCUT2D eigenvalue weighted by Crippen LogP contribution is -2.39. The fraction of sp³-hybridized carbons (Fsp3) is 0.909. The summed E-state index contributed by atoms with van der Waals surface area (Å²) in [6.07, 6.45) is 3.44. The van der Waals surface area contributed by atoms with Crippen LogP contribution in [0.1, 0.15) is 39.0 Å². The second kappa shape index (κ2) is 6.35. The van der Waals surface area contributed by atoms with Crippen LogP contribution in [0.3, 0.4) is 0 Å². The summed E-state index contributed by atoms with van der Waals surface area (Å²) in [6, 6.07) is -0.0209. The Morgan fingerprint density at radius 2 is 1.88 bits per heavy atom. The van der Waals surface area contributed by atoms with E-state index in [1.807, 2.05) is 6.92 Å². The third-order valence-corrected chi connectivity index (χ3v) is 4.72. The molecule has 1 aliphatic rings.